The van der Waals surface area contributed by atoms with Gasteiger partial charge in [0.2, 0.25) is 0 Å². The van der Waals surface area contributed by atoms with E-state index in [0.29, 0.717) is 31.7 Å². The molecule has 0 aliphatic carbocycles. The summed E-state index contributed by atoms with van der Waals surface area (Å²) in [7, 11) is 1.66. The van der Waals surface area contributed by atoms with Crippen LogP contribution in [0, 0.1) is 0 Å². The standard InChI is InChI=1S/C31H39N5O4/c1-31(2,3)40-30(38)35-16-14-23(15-17-35)28-27(22-32-36(28)25-8-6-5-7-9-25)29(37)34-20-18-33(19-21-34)24-10-12-26(39-4)13-11-24/h5-13,22-23H,14-21H2,1-4H3. The van der Waals surface area contributed by atoms with Gasteiger partial charge >= 0.3 is 6.09 Å². The Morgan fingerprint density at radius 3 is 2.08 bits per heavy atom. The number of ether oxygens (including phenoxy) is 2. The van der Waals surface area contributed by atoms with Crippen LogP contribution in [-0.2, 0) is 4.74 Å². The van der Waals surface area contributed by atoms with Crippen molar-refractivity contribution in [2.24, 2.45) is 0 Å². The Bertz CT molecular complexity index is 1300. The lowest BCUT2D eigenvalue weighted by Crippen LogP contribution is -2.49. The highest BCUT2D eigenvalue weighted by atomic mass is 16.6. The summed E-state index contributed by atoms with van der Waals surface area (Å²) < 4.78 is 12.8. The van der Waals surface area contributed by atoms with Crippen molar-refractivity contribution in [3.63, 3.8) is 0 Å². The molecule has 0 N–H and O–H groups in total. The van der Waals surface area contributed by atoms with E-state index in [1.807, 2.05) is 72.8 Å². The zero-order valence-corrected chi connectivity index (χ0v) is 23.9. The van der Waals surface area contributed by atoms with Gasteiger partial charge in [-0.05, 0) is 70.0 Å². The molecule has 3 aromatic rings. The third kappa shape index (κ3) is 6.08. The number of piperidine rings is 1. The van der Waals surface area contributed by atoms with Gasteiger partial charge in [-0.15, -0.1) is 0 Å². The lowest BCUT2D eigenvalue weighted by molar-refractivity contribution is 0.0203. The molecular formula is C31H39N5O4. The highest BCUT2D eigenvalue weighted by Crippen LogP contribution is 2.33. The first kappa shape index (κ1) is 27.6. The lowest BCUT2D eigenvalue weighted by atomic mass is 9.90. The summed E-state index contributed by atoms with van der Waals surface area (Å²) in [5, 5.41) is 4.70. The van der Waals surface area contributed by atoms with Crippen molar-refractivity contribution in [1.82, 2.24) is 19.6 Å². The van der Waals surface area contributed by atoms with Crippen LogP contribution in [0.2, 0.25) is 0 Å². The predicted octanol–water partition coefficient (Wildman–Crippen LogP) is 4.96. The van der Waals surface area contributed by atoms with Gasteiger partial charge in [-0.1, -0.05) is 18.2 Å². The van der Waals surface area contributed by atoms with Crippen molar-refractivity contribution in [2.75, 3.05) is 51.3 Å². The minimum Gasteiger partial charge on any atom is -0.497 e. The summed E-state index contributed by atoms with van der Waals surface area (Å²) >= 11 is 0. The molecule has 9 nitrogen and oxygen atoms in total. The van der Waals surface area contributed by atoms with Gasteiger partial charge in [-0.25, -0.2) is 9.48 Å². The second-order valence-corrected chi connectivity index (χ2v) is 11.4. The van der Waals surface area contributed by atoms with Crippen LogP contribution >= 0.6 is 0 Å². The number of hydrogen-bond donors (Lipinski definition) is 0. The molecule has 0 radical (unpaired) electrons. The average Bonchev–Trinajstić information content (AvgIpc) is 3.42. The fourth-order valence-electron chi connectivity index (χ4n) is 5.48. The van der Waals surface area contributed by atoms with Crippen molar-refractivity contribution in [3.05, 3.63) is 72.1 Å². The van der Waals surface area contributed by atoms with Crippen LogP contribution in [0.5, 0.6) is 5.75 Å². The first-order valence-electron chi connectivity index (χ1n) is 14.0. The number of anilines is 1. The molecule has 9 heteroatoms. The normalized spacial score (nSPS) is 16.6. The summed E-state index contributed by atoms with van der Waals surface area (Å²) in [5.41, 5.74) is 3.10. The molecule has 3 heterocycles. The van der Waals surface area contributed by atoms with Crippen molar-refractivity contribution in [2.45, 2.75) is 45.1 Å². The molecule has 2 fully saturated rings. The molecule has 0 atom stereocenters. The molecule has 2 aliphatic rings. The third-order valence-electron chi connectivity index (χ3n) is 7.58. The van der Waals surface area contributed by atoms with E-state index in [2.05, 4.69) is 17.0 Å². The molecule has 2 saturated heterocycles. The lowest BCUT2D eigenvalue weighted by Gasteiger charge is -2.37. The van der Waals surface area contributed by atoms with Gasteiger partial charge in [0.15, 0.2) is 0 Å². The Kier molecular flexibility index (Phi) is 8.00. The molecule has 0 bridgehead atoms. The van der Waals surface area contributed by atoms with Gasteiger partial charge in [0.25, 0.3) is 5.91 Å². The number of para-hydroxylation sites is 1. The fourth-order valence-corrected chi connectivity index (χ4v) is 5.48. The van der Waals surface area contributed by atoms with Crippen LogP contribution in [0.3, 0.4) is 0 Å². The van der Waals surface area contributed by atoms with Crippen LogP contribution in [0.25, 0.3) is 5.69 Å². The number of aromatic nitrogens is 2. The van der Waals surface area contributed by atoms with Gasteiger partial charge in [0.1, 0.15) is 11.4 Å². The van der Waals surface area contributed by atoms with Gasteiger partial charge in [0.05, 0.1) is 30.3 Å². The van der Waals surface area contributed by atoms with Gasteiger partial charge in [0, 0.05) is 50.9 Å². The van der Waals surface area contributed by atoms with E-state index in [1.165, 1.54) is 0 Å². The van der Waals surface area contributed by atoms with E-state index in [4.69, 9.17) is 14.6 Å². The van der Waals surface area contributed by atoms with Crippen LogP contribution in [0.1, 0.15) is 55.6 Å². The highest BCUT2D eigenvalue weighted by Gasteiger charge is 2.34. The summed E-state index contributed by atoms with van der Waals surface area (Å²) in [4.78, 5) is 32.6. The molecule has 0 saturated carbocycles. The van der Waals surface area contributed by atoms with E-state index in [-0.39, 0.29) is 17.9 Å². The molecule has 2 amide bonds. The number of rotatable bonds is 5. The summed E-state index contributed by atoms with van der Waals surface area (Å²) in [6, 6.07) is 18.0. The number of amides is 2. The quantitative estimate of drug-likeness (QED) is 0.451. The Morgan fingerprint density at radius 2 is 1.48 bits per heavy atom. The fraction of sp³-hybridized carbons (Fsp3) is 0.452. The Morgan fingerprint density at radius 1 is 0.825 bits per heavy atom. The van der Waals surface area contributed by atoms with Crippen molar-refractivity contribution >= 4 is 17.7 Å². The van der Waals surface area contributed by atoms with Gasteiger partial charge in [-0.2, -0.15) is 5.10 Å². The maximum Gasteiger partial charge on any atom is 0.410 e. The van der Waals surface area contributed by atoms with Gasteiger partial charge < -0.3 is 24.2 Å². The summed E-state index contributed by atoms with van der Waals surface area (Å²) in [6.07, 6.45) is 2.92. The van der Waals surface area contributed by atoms with Crippen LogP contribution in [-0.4, -0.2) is 83.6 Å². The molecule has 2 aliphatic heterocycles. The Labute approximate surface area is 236 Å². The maximum atomic E-state index is 13.9. The molecule has 0 unspecified atom stereocenters. The largest absolute Gasteiger partial charge is 0.497 e. The number of piperazine rings is 1. The van der Waals surface area contributed by atoms with E-state index < -0.39 is 5.60 Å². The topological polar surface area (TPSA) is 80.1 Å². The number of benzene rings is 2. The molecule has 1 aromatic heterocycles. The first-order chi connectivity index (χ1) is 19.2. The molecule has 212 valence electrons. The Balaban J connectivity index is 1.32. The summed E-state index contributed by atoms with van der Waals surface area (Å²) in [5.74, 6) is 0.944. The second-order valence-electron chi connectivity index (χ2n) is 11.4. The number of methoxy groups -OCH3 is 1. The summed E-state index contributed by atoms with van der Waals surface area (Å²) in [6.45, 7) is 9.58. The monoisotopic (exact) mass is 545 g/mol. The van der Waals surface area contributed by atoms with Gasteiger partial charge in [-0.3, -0.25) is 4.79 Å². The number of hydrogen-bond acceptors (Lipinski definition) is 6. The number of carbonyl (C=O) groups excluding carboxylic acids is 2. The third-order valence-corrected chi connectivity index (χ3v) is 7.58. The number of carbonyl (C=O) groups is 2. The second kappa shape index (κ2) is 11.6. The van der Waals surface area contributed by atoms with Crippen LogP contribution in [0.4, 0.5) is 10.5 Å². The van der Waals surface area contributed by atoms with Crippen molar-refractivity contribution < 1.29 is 19.1 Å². The first-order valence-corrected chi connectivity index (χ1v) is 14.0. The smallest absolute Gasteiger partial charge is 0.410 e. The average molecular weight is 546 g/mol. The molecule has 2 aromatic carbocycles. The van der Waals surface area contributed by atoms with E-state index in [9.17, 15) is 9.59 Å². The molecular weight excluding hydrogens is 506 g/mol. The zero-order chi connectivity index (χ0) is 28.3. The van der Waals surface area contributed by atoms with Crippen LogP contribution in [0.15, 0.2) is 60.8 Å². The van der Waals surface area contributed by atoms with E-state index in [1.54, 1.807) is 18.2 Å². The number of likely N-dealkylation sites (tertiary alicyclic amines) is 1. The van der Waals surface area contributed by atoms with E-state index in [0.717, 1.165) is 48.7 Å². The minimum absolute atomic E-state index is 0.0149. The molecule has 5 rings (SSSR count). The SMILES string of the molecule is COc1ccc(N2CCN(C(=O)c3cnn(-c4ccccc4)c3C3CCN(C(=O)OC(C)(C)C)CC3)CC2)cc1. The Hall–Kier alpha value is -4.01. The van der Waals surface area contributed by atoms with Crippen molar-refractivity contribution in [3.8, 4) is 11.4 Å². The predicted molar refractivity (Wildman–Crippen MR) is 154 cm³/mol. The number of nitrogens with zero attached hydrogens (tertiary/aromatic N) is 5. The van der Waals surface area contributed by atoms with Crippen LogP contribution < -0.4 is 9.64 Å². The van der Waals surface area contributed by atoms with E-state index >= 15 is 0 Å². The maximum absolute atomic E-state index is 13.9. The minimum atomic E-state index is -0.531. The molecule has 40 heavy (non-hydrogen) atoms. The van der Waals surface area contributed by atoms with Crippen molar-refractivity contribution in [1.29, 1.82) is 0 Å². The zero-order valence-electron chi connectivity index (χ0n) is 23.9. The molecule has 0 spiro atoms. The highest BCUT2D eigenvalue weighted by molar-refractivity contribution is 5.95.